The van der Waals surface area contributed by atoms with Crippen LogP contribution < -0.4 is 16.0 Å². The van der Waals surface area contributed by atoms with Gasteiger partial charge in [0, 0.05) is 45.8 Å². The van der Waals surface area contributed by atoms with Crippen LogP contribution in [0.2, 0.25) is 0 Å². The van der Waals surface area contributed by atoms with Crippen molar-refractivity contribution in [3.63, 3.8) is 0 Å². The molecule has 0 spiro atoms. The molecule has 1 aliphatic rings. The van der Waals surface area contributed by atoms with Crippen LogP contribution in [-0.2, 0) is 26.2 Å². The SMILES string of the molecule is CCCCn1c(=O)[nH]c(=O)c2c1nc(CN1CCN(Cc3ccc(OCC)cc3)CC1)n2CC. The smallest absolute Gasteiger partial charge is 0.330 e. The zero-order chi connectivity index (χ0) is 24.1. The molecule has 1 aliphatic heterocycles. The van der Waals surface area contributed by atoms with Crippen molar-refractivity contribution in [2.45, 2.75) is 59.8 Å². The number of hydrogen-bond donors (Lipinski definition) is 1. The van der Waals surface area contributed by atoms with Crippen molar-refractivity contribution in [3.05, 3.63) is 56.5 Å². The summed E-state index contributed by atoms with van der Waals surface area (Å²) in [5, 5.41) is 0. The van der Waals surface area contributed by atoms with Crippen LogP contribution in [0.5, 0.6) is 5.75 Å². The van der Waals surface area contributed by atoms with E-state index in [-0.39, 0.29) is 11.2 Å². The molecule has 4 rings (SSSR count). The predicted octanol–water partition coefficient (Wildman–Crippen LogP) is 2.42. The molecule has 1 aromatic carbocycles. The summed E-state index contributed by atoms with van der Waals surface area (Å²) < 4.78 is 9.11. The van der Waals surface area contributed by atoms with E-state index in [2.05, 4.69) is 33.8 Å². The first-order valence-electron chi connectivity index (χ1n) is 12.4. The molecule has 0 amide bonds. The summed E-state index contributed by atoms with van der Waals surface area (Å²) in [7, 11) is 0. The molecule has 0 saturated carbocycles. The maximum atomic E-state index is 12.6. The number of ether oxygens (including phenoxy) is 1. The van der Waals surface area contributed by atoms with Gasteiger partial charge in [-0.1, -0.05) is 25.5 Å². The molecule has 1 fully saturated rings. The lowest BCUT2D eigenvalue weighted by molar-refractivity contribution is 0.119. The Kier molecular flexibility index (Phi) is 7.84. The number of nitrogens with zero attached hydrogens (tertiary/aromatic N) is 5. The number of fused-ring (bicyclic) bond motifs is 1. The number of imidazole rings is 1. The van der Waals surface area contributed by atoms with Gasteiger partial charge in [0.1, 0.15) is 11.6 Å². The van der Waals surface area contributed by atoms with E-state index in [1.165, 1.54) is 5.56 Å². The molecule has 0 radical (unpaired) electrons. The van der Waals surface area contributed by atoms with Crippen molar-refractivity contribution < 1.29 is 4.74 Å². The Morgan fingerprint density at radius 1 is 0.941 bits per heavy atom. The Morgan fingerprint density at radius 3 is 2.24 bits per heavy atom. The fraction of sp³-hybridized carbons (Fsp3) is 0.560. The summed E-state index contributed by atoms with van der Waals surface area (Å²) in [6.45, 7) is 13.4. The highest BCUT2D eigenvalue weighted by molar-refractivity contribution is 5.71. The average Bonchev–Trinajstić information content (AvgIpc) is 3.20. The first kappa shape index (κ1) is 24.2. The number of nitrogens with one attached hydrogen (secondary N) is 1. The van der Waals surface area contributed by atoms with Gasteiger partial charge in [0.15, 0.2) is 11.2 Å². The number of aromatic amines is 1. The first-order chi connectivity index (χ1) is 16.5. The fourth-order valence-electron chi connectivity index (χ4n) is 4.62. The number of hydrogen-bond acceptors (Lipinski definition) is 6. The second kappa shape index (κ2) is 11.0. The number of unbranched alkanes of at least 4 members (excludes halogenated alkanes) is 1. The Balaban J connectivity index is 1.44. The molecule has 184 valence electrons. The summed E-state index contributed by atoms with van der Waals surface area (Å²) in [5.74, 6) is 1.76. The van der Waals surface area contributed by atoms with E-state index in [1.54, 1.807) is 4.57 Å². The lowest BCUT2D eigenvalue weighted by atomic mass is 10.2. The zero-order valence-electron chi connectivity index (χ0n) is 20.5. The highest BCUT2D eigenvalue weighted by atomic mass is 16.5. The van der Waals surface area contributed by atoms with E-state index >= 15 is 0 Å². The van der Waals surface area contributed by atoms with Crippen LogP contribution in [0.25, 0.3) is 11.2 Å². The molecule has 0 unspecified atom stereocenters. The molecule has 1 saturated heterocycles. The van der Waals surface area contributed by atoms with Crippen LogP contribution in [0.3, 0.4) is 0 Å². The monoisotopic (exact) mass is 468 g/mol. The molecular formula is C25H36N6O3. The third kappa shape index (κ3) is 5.26. The predicted molar refractivity (Wildman–Crippen MR) is 133 cm³/mol. The Bertz CT molecular complexity index is 1200. The quantitative estimate of drug-likeness (QED) is 0.492. The van der Waals surface area contributed by atoms with Gasteiger partial charge in [0.2, 0.25) is 0 Å². The highest BCUT2D eigenvalue weighted by Crippen LogP contribution is 2.17. The van der Waals surface area contributed by atoms with Crippen molar-refractivity contribution in [1.29, 1.82) is 0 Å². The molecular weight excluding hydrogens is 432 g/mol. The zero-order valence-corrected chi connectivity index (χ0v) is 20.5. The number of aryl methyl sites for hydroxylation is 2. The fourth-order valence-corrected chi connectivity index (χ4v) is 4.62. The largest absolute Gasteiger partial charge is 0.494 e. The molecule has 34 heavy (non-hydrogen) atoms. The molecule has 9 nitrogen and oxygen atoms in total. The molecule has 0 bridgehead atoms. The number of aromatic nitrogens is 4. The second-order valence-electron chi connectivity index (χ2n) is 8.84. The van der Waals surface area contributed by atoms with Gasteiger partial charge in [-0.05, 0) is 38.0 Å². The molecule has 0 aliphatic carbocycles. The van der Waals surface area contributed by atoms with E-state index in [4.69, 9.17) is 9.72 Å². The highest BCUT2D eigenvalue weighted by Gasteiger charge is 2.22. The van der Waals surface area contributed by atoms with Crippen LogP contribution in [0, 0.1) is 0 Å². The summed E-state index contributed by atoms with van der Waals surface area (Å²) >= 11 is 0. The minimum atomic E-state index is -0.374. The van der Waals surface area contributed by atoms with Gasteiger partial charge in [-0.2, -0.15) is 0 Å². The van der Waals surface area contributed by atoms with Crippen molar-refractivity contribution >= 4 is 11.2 Å². The standard InChI is InChI=1S/C25H36N6O3/c1-4-7-12-31-23-22(24(32)27-25(31)33)30(5-2)21(26-23)18-29-15-13-28(14-16-29)17-19-8-10-20(11-9-19)34-6-3/h8-11H,4-7,12-18H2,1-3H3,(H,27,32,33). The van der Waals surface area contributed by atoms with E-state index in [1.807, 2.05) is 30.5 Å². The summed E-state index contributed by atoms with van der Waals surface area (Å²) in [4.78, 5) is 37.2. The lowest BCUT2D eigenvalue weighted by Gasteiger charge is -2.34. The third-order valence-corrected chi connectivity index (χ3v) is 6.49. The Morgan fingerprint density at radius 2 is 1.62 bits per heavy atom. The van der Waals surface area contributed by atoms with Crippen LogP contribution in [0.15, 0.2) is 33.9 Å². The topological polar surface area (TPSA) is 88.4 Å². The van der Waals surface area contributed by atoms with Crippen molar-refractivity contribution in [3.8, 4) is 5.75 Å². The normalized spacial score (nSPS) is 15.3. The van der Waals surface area contributed by atoms with Crippen LogP contribution >= 0.6 is 0 Å². The average molecular weight is 469 g/mol. The molecule has 3 heterocycles. The minimum Gasteiger partial charge on any atom is -0.494 e. The number of benzene rings is 1. The van der Waals surface area contributed by atoms with Crippen molar-refractivity contribution in [2.75, 3.05) is 32.8 Å². The Labute approximate surface area is 200 Å². The third-order valence-electron chi connectivity index (χ3n) is 6.49. The van der Waals surface area contributed by atoms with Gasteiger partial charge >= 0.3 is 5.69 Å². The van der Waals surface area contributed by atoms with E-state index in [0.717, 1.165) is 57.1 Å². The molecule has 2 aromatic heterocycles. The lowest BCUT2D eigenvalue weighted by Crippen LogP contribution is -2.45. The minimum absolute atomic E-state index is 0.353. The second-order valence-corrected chi connectivity index (χ2v) is 8.84. The van der Waals surface area contributed by atoms with Crippen LogP contribution in [0.1, 0.15) is 45.0 Å². The van der Waals surface area contributed by atoms with Gasteiger partial charge in [0.25, 0.3) is 5.56 Å². The van der Waals surface area contributed by atoms with Gasteiger partial charge in [-0.25, -0.2) is 9.78 Å². The number of piperazine rings is 1. The molecule has 1 N–H and O–H groups in total. The van der Waals surface area contributed by atoms with Crippen LogP contribution in [-0.4, -0.2) is 61.7 Å². The van der Waals surface area contributed by atoms with Gasteiger partial charge in [-0.3, -0.25) is 24.1 Å². The van der Waals surface area contributed by atoms with E-state index in [9.17, 15) is 9.59 Å². The number of H-pyrrole nitrogens is 1. The molecule has 3 aromatic rings. The first-order valence-corrected chi connectivity index (χ1v) is 12.4. The van der Waals surface area contributed by atoms with Crippen LogP contribution in [0.4, 0.5) is 0 Å². The maximum Gasteiger partial charge on any atom is 0.330 e. The summed E-state index contributed by atoms with van der Waals surface area (Å²) in [6, 6.07) is 8.34. The molecule has 0 atom stereocenters. The van der Waals surface area contributed by atoms with Gasteiger partial charge in [0.05, 0.1) is 13.2 Å². The van der Waals surface area contributed by atoms with Crippen molar-refractivity contribution in [1.82, 2.24) is 28.9 Å². The van der Waals surface area contributed by atoms with Crippen molar-refractivity contribution in [2.24, 2.45) is 0 Å². The summed E-state index contributed by atoms with van der Waals surface area (Å²) in [5.41, 5.74) is 1.57. The number of rotatable bonds is 10. The van der Waals surface area contributed by atoms with Gasteiger partial charge in [-0.15, -0.1) is 0 Å². The van der Waals surface area contributed by atoms with Gasteiger partial charge < -0.3 is 9.30 Å². The summed E-state index contributed by atoms with van der Waals surface area (Å²) in [6.07, 6.45) is 1.83. The van der Waals surface area contributed by atoms with E-state index in [0.29, 0.717) is 37.4 Å². The van der Waals surface area contributed by atoms with E-state index < -0.39 is 0 Å². The molecule has 9 heteroatoms. The maximum absolute atomic E-state index is 12.6. The Hall–Kier alpha value is -2.91.